The fourth-order valence-corrected chi connectivity index (χ4v) is 1.05. The second kappa shape index (κ2) is 2.97. The largest absolute Gasteiger partial charge is 0.506 e. The van der Waals surface area contributed by atoms with Crippen molar-refractivity contribution in [3.8, 4) is 0 Å². The molecule has 1 aliphatic heterocycles. The van der Waals surface area contributed by atoms with Crippen molar-refractivity contribution >= 4 is 6.21 Å². The second-order valence-electron chi connectivity index (χ2n) is 3.42. The van der Waals surface area contributed by atoms with Crippen molar-refractivity contribution < 1.29 is 5.11 Å². The van der Waals surface area contributed by atoms with Crippen LogP contribution < -0.4 is 0 Å². The molecule has 1 aliphatic rings. The van der Waals surface area contributed by atoms with Crippen LogP contribution in [0.1, 0.15) is 13.8 Å². The van der Waals surface area contributed by atoms with Crippen molar-refractivity contribution in [1.29, 1.82) is 0 Å². The smallest absolute Gasteiger partial charge is 0.140 e. The first-order valence-electron chi connectivity index (χ1n) is 3.84. The van der Waals surface area contributed by atoms with E-state index in [2.05, 4.69) is 11.6 Å². The number of nitrogens with zero attached hydrogens (tertiary/aromatic N) is 1. The Bertz CT molecular complexity index is 282. The second-order valence-corrected chi connectivity index (χ2v) is 3.42. The van der Waals surface area contributed by atoms with Gasteiger partial charge in [0, 0.05) is 17.2 Å². The van der Waals surface area contributed by atoms with Gasteiger partial charge >= 0.3 is 0 Å². The van der Waals surface area contributed by atoms with Crippen LogP contribution in [0, 0.1) is 5.41 Å². The molecule has 0 atom stereocenters. The Balaban J connectivity index is 3.11. The van der Waals surface area contributed by atoms with Crippen molar-refractivity contribution in [1.82, 2.24) is 0 Å². The predicted molar refractivity (Wildman–Crippen MR) is 51.3 cm³/mol. The van der Waals surface area contributed by atoms with Gasteiger partial charge < -0.3 is 5.11 Å². The van der Waals surface area contributed by atoms with Crippen molar-refractivity contribution in [2.24, 2.45) is 10.4 Å². The molecule has 0 radical (unpaired) electrons. The van der Waals surface area contributed by atoms with E-state index in [1.807, 2.05) is 19.9 Å². The van der Waals surface area contributed by atoms with Crippen molar-refractivity contribution in [3.63, 3.8) is 0 Å². The Kier molecular flexibility index (Phi) is 2.18. The van der Waals surface area contributed by atoms with Crippen LogP contribution in [0.3, 0.4) is 0 Å². The van der Waals surface area contributed by atoms with E-state index in [0.717, 1.165) is 5.57 Å². The zero-order valence-electron chi connectivity index (χ0n) is 7.41. The summed E-state index contributed by atoms with van der Waals surface area (Å²) in [5.74, 6) is 0.173. The molecule has 0 fully saturated rings. The van der Waals surface area contributed by atoms with E-state index in [0.29, 0.717) is 0 Å². The first kappa shape index (κ1) is 8.78. The van der Waals surface area contributed by atoms with Gasteiger partial charge in [-0.3, -0.25) is 4.99 Å². The van der Waals surface area contributed by atoms with E-state index in [1.165, 1.54) is 6.20 Å². The van der Waals surface area contributed by atoms with E-state index in [1.54, 1.807) is 12.3 Å². The lowest BCUT2D eigenvalue weighted by Gasteiger charge is -2.12. The van der Waals surface area contributed by atoms with Crippen molar-refractivity contribution in [2.75, 3.05) is 0 Å². The van der Waals surface area contributed by atoms with Gasteiger partial charge in [-0.2, -0.15) is 0 Å². The highest BCUT2D eigenvalue weighted by Crippen LogP contribution is 2.22. The van der Waals surface area contributed by atoms with E-state index in [4.69, 9.17) is 0 Å². The molecular weight excluding hydrogens is 150 g/mol. The Morgan fingerprint density at radius 2 is 2.25 bits per heavy atom. The van der Waals surface area contributed by atoms with Crippen LogP contribution in [0.15, 0.2) is 41.3 Å². The average Bonchev–Trinajstić information content (AvgIpc) is 2.10. The highest BCUT2D eigenvalue weighted by Gasteiger charge is 2.15. The van der Waals surface area contributed by atoms with Gasteiger partial charge in [0.1, 0.15) is 5.76 Å². The maximum Gasteiger partial charge on any atom is 0.140 e. The summed E-state index contributed by atoms with van der Waals surface area (Å²) in [5.41, 5.74) is 0.613. The van der Waals surface area contributed by atoms with E-state index >= 15 is 0 Å². The minimum atomic E-state index is -0.121. The van der Waals surface area contributed by atoms with Crippen molar-refractivity contribution in [3.05, 3.63) is 36.3 Å². The molecule has 2 heteroatoms. The van der Waals surface area contributed by atoms with Crippen LogP contribution in [0.25, 0.3) is 0 Å². The zero-order valence-corrected chi connectivity index (χ0v) is 7.41. The fraction of sp³-hybridized carbons (Fsp3) is 0.300. The third-order valence-corrected chi connectivity index (χ3v) is 1.65. The minimum Gasteiger partial charge on any atom is -0.506 e. The zero-order chi connectivity index (χ0) is 9.19. The SMILES string of the molecule is C=CC1=CC(C)(C)C=NC=C1O. The van der Waals surface area contributed by atoms with Gasteiger partial charge in [0.2, 0.25) is 0 Å². The third-order valence-electron chi connectivity index (χ3n) is 1.65. The number of allylic oxidation sites excluding steroid dienone is 2. The summed E-state index contributed by atoms with van der Waals surface area (Å²) >= 11 is 0. The number of aliphatic imine (C=N–C) groups is 1. The summed E-state index contributed by atoms with van der Waals surface area (Å²) in [4.78, 5) is 3.97. The molecule has 1 N–H and O–H groups in total. The summed E-state index contributed by atoms with van der Waals surface area (Å²) in [5, 5.41) is 9.39. The van der Waals surface area contributed by atoms with Gasteiger partial charge in [0.15, 0.2) is 0 Å². The number of aliphatic hydroxyl groups is 1. The molecule has 0 saturated carbocycles. The van der Waals surface area contributed by atoms with Crippen LogP contribution in [0.4, 0.5) is 0 Å². The van der Waals surface area contributed by atoms with Crippen LogP contribution >= 0.6 is 0 Å². The fourth-order valence-electron chi connectivity index (χ4n) is 1.05. The number of aliphatic hydroxyl groups excluding tert-OH is 1. The summed E-state index contributed by atoms with van der Waals surface area (Å²) in [6.07, 6.45) is 6.78. The lowest BCUT2D eigenvalue weighted by molar-refractivity contribution is 0.424. The summed E-state index contributed by atoms with van der Waals surface area (Å²) in [7, 11) is 0. The lowest BCUT2D eigenvalue weighted by atomic mass is 9.92. The Morgan fingerprint density at radius 1 is 1.58 bits per heavy atom. The molecule has 0 spiro atoms. The molecule has 0 amide bonds. The summed E-state index contributed by atoms with van der Waals surface area (Å²) in [6.45, 7) is 7.66. The first-order chi connectivity index (χ1) is 5.55. The molecule has 1 heterocycles. The molecule has 0 unspecified atom stereocenters. The highest BCUT2D eigenvalue weighted by molar-refractivity contribution is 5.70. The van der Waals surface area contributed by atoms with E-state index < -0.39 is 0 Å². The standard InChI is InChI=1S/C10H13NO/c1-4-8-5-10(2,3)7-11-6-9(8)12/h4-7,12H,1H2,2-3H3. The highest BCUT2D eigenvalue weighted by atomic mass is 16.3. The summed E-state index contributed by atoms with van der Waals surface area (Å²) in [6, 6.07) is 0. The van der Waals surface area contributed by atoms with Gasteiger partial charge in [-0.1, -0.05) is 32.6 Å². The Labute approximate surface area is 72.6 Å². The molecule has 0 aromatic carbocycles. The molecule has 2 nitrogen and oxygen atoms in total. The molecule has 12 heavy (non-hydrogen) atoms. The normalized spacial score (nSPS) is 20.8. The maximum absolute atomic E-state index is 9.39. The third kappa shape index (κ3) is 1.84. The molecule has 0 saturated heterocycles. The number of hydrogen-bond acceptors (Lipinski definition) is 2. The monoisotopic (exact) mass is 163 g/mol. The lowest BCUT2D eigenvalue weighted by Crippen LogP contribution is -2.08. The molecular formula is C10H13NO. The van der Waals surface area contributed by atoms with E-state index in [-0.39, 0.29) is 11.2 Å². The quantitative estimate of drug-likeness (QED) is 0.633. The molecule has 64 valence electrons. The van der Waals surface area contributed by atoms with Crippen LogP contribution in [-0.2, 0) is 0 Å². The topological polar surface area (TPSA) is 32.6 Å². The molecule has 0 aromatic heterocycles. The van der Waals surface area contributed by atoms with Gasteiger partial charge in [-0.25, -0.2) is 0 Å². The molecule has 0 aliphatic carbocycles. The first-order valence-corrected chi connectivity index (χ1v) is 3.84. The van der Waals surface area contributed by atoms with Crippen LogP contribution in [-0.4, -0.2) is 11.3 Å². The van der Waals surface area contributed by atoms with E-state index in [9.17, 15) is 5.11 Å². The average molecular weight is 163 g/mol. The van der Waals surface area contributed by atoms with Gasteiger partial charge in [0.05, 0.1) is 6.20 Å². The maximum atomic E-state index is 9.39. The number of rotatable bonds is 1. The van der Waals surface area contributed by atoms with Gasteiger partial charge in [-0.15, -0.1) is 0 Å². The van der Waals surface area contributed by atoms with Crippen molar-refractivity contribution in [2.45, 2.75) is 13.8 Å². The molecule has 0 bridgehead atoms. The molecule has 1 rings (SSSR count). The predicted octanol–water partition coefficient (Wildman–Crippen LogP) is 2.61. The minimum absolute atomic E-state index is 0.121. The molecule has 0 aromatic rings. The van der Waals surface area contributed by atoms with Crippen LogP contribution in [0.5, 0.6) is 0 Å². The Morgan fingerprint density at radius 3 is 2.83 bits per heavy atom. The van der Waals surface area contributed by atoms with Gasteiger partial charge in [0.25, 0.3) is 0 Å². The van der Waals surface area contributed by atoms with Gasteiger partial charge in [-0.05, 0) is 0 Å². The Hall–Kier alpha value is -1.31. The number of hydrogen-bond donors (Lipinski definition) is 1. The van der Waals surface area contributed by atoms with Crippen LogP contribution in [0.2, 0.25) is 0 Å². The summed E-state index contributed by atoms with van der Waals surface area (Å²) < 4.78 is 0.